The van der Waals surface area contributed by atoms with Gasteiger partial charge in [-0.25, -0.2) is 4.98 Å². The quantitative estimate of drug-likeness (QED) is 0.887. The topological polar surface area (TPSA) is 48.8 Å². The number of hydrogen-bond acceptors (Lipinski definition) is 6. The number of ether oxygens (including phenoxy) is 1. The molecule has 0 radical (unpaired) electrons. The van der Waals surface area contributed by atoms with E-state index in [1.807, 2.05) is 11.3 Å². The van der Waals surface area contributed by atoms with Crippen molar-refractivity contribution in [2.45, 2.75) is 31.4 Å². The highest BCUT2D eigenvalue weighted by Crippen LogP contribution is 2.35. The van der Waals surface area contributed by atoms with Crippen LogP contribution in [0.4, 0.5) is 0 Å². The third-order valence-corrected chi connectivity index (χ3v) is 6.36. The highest BCUT2D eigenvalue weighted by atomic mass is 32.1. The number of rotatable bonds is 5. The van der Waals surface area contributed by atoms with Crippen molar-refractivity contribution in [3.8, 4) is 0 Å². The average Bonchev–Trinajstić information content (AvgIpc) is 3.07. The van der Waals surface area contributed by atoms with Crippen LogP contribution in [0.15, 0.2) is 24.3 Å². The molecule has 6 heteroatoms. The van der Waals surface area contributed by atoms with Crippen LogP contribution in [0, 0.1) is 0 Å². The zero-order valence-electron chi connectivity index (χ0n) is 14.6. The predicted octanol–water partition coefficient (Wildman–Crippen LogP) is 2.52. The third kappa shape index (κ3) is 4.20. The lowest BCUT2D eigenvalue weighted by Crippen LogP contribution is -2.46. The van der Waals surface area contributed by atoms with E-state index < -0.39 is 0 Å². The largest absolute Gasteiger partial charge is 0.390 e. The molecular formula is C19H27N3O2S. The van der Waals surface area contributed by atoms with Crippen molar-refractivity contribution >= 4 is 21.6 Å². The summed E-state index contributed by atoms with van der Waals surface area (Å²) in [7, 11) is 0. The third-order valence-electron chi connectivity index (χ3n) is 5.23. The van der Waals surface area contributed by atoms with Gasteiger partial charge in [0.05, 0.1) is 35.6 Å². The van der Waals surface area contributed by atoms with Crippen molar-refractivity contribution in [3.05, 3.63) is 29.3 Å². The Bertz CT molecular complexity index is 653. The zero-order chi connectivity index (χ0) is 17.1. The first-order chi connectivity index (χ1) is 12.3. The Kier molecular flexibility index (Phi) is 5.63. The van der Waals surface area contributed by atoms with Gasteiger partial charge in [-0.15, -0.1) is 11.3 Å². The van der Waals surface area contributed by atoms with E-state index in [4.69, 9.17) is 9.72 Å². The van der Waals surface area contributed by atoms with Gasteiger partial charge in [-0.2, -0.15) is 0 Å². The Labute approximate surface area is 153 Å². The summed E-state index contributed by atoms with van der Waals surface area (Å²) in [6.07, 6.45) is 3.29. The molecule has 0 aliphatic carbocycles. The van der Waals surface area contributed by atoms with E-state index >= 15 is 0 Å². The molecule has 2 fully saturated rings. The maximum atomic E-state index is 10.6. The van der Waals surface area contributed by atoms with Gasteiger partial charge in [0.15, 0.2) is 0 Å². The number of para-hydroxylation sites is 1. The molecule has 25 heavy (non-hydrogen) atoms. The van der Waals surface area contributed by atoms with Gasteiger partial charge in [0, 0.05) is 26.2 Å². The molecule has 1 aromatic carbocycles. The lowest BCUT2D eigenvalue weighted by atomic mass is 10.0. The van der Waals surface area contributed by atoms with Crippen LogP contribution >= 0.6 is 11.3 Å². The smallest absolute Gasteiger partial charge is 0.111 e. The molecule has 136 valence electrons. The van der Waals surface area contributed by atoms with Gasteiger partial charge in [-0.05, 0) is 31.5 Å². The van der Waals surface area contributed by atoms with E-state index in [0.717, 1.165) is 57.9 Å². The van der Waals surface area contributed by atoms with E-state index in [0.29, 0.717) is 6.04 Å². The van der Waals surface area contributed by atoms with E-state index in [1.54, 1.807) is 0 Å². The monoisotopic (exact) mass is 361 g/mol. The summed E-state index contributed by atoms with van der Waals surface area (Å²) in [6.45, 7) is 5.96. The summed E-state index contributed by atoms with van der Waals surface area (Å²) in [5.74, 6) is 0. The summed E-state index contributed by atoms with van der Waals surface area (Å²) in [4.78, 5) is 9.64. The van der Waals surface area contributed by atoms with Gasteiger partial charge in [-0.1, -0.05) is 18.6 Å². The average molecular weight is 362 g/mol. The van der Waals surface area contributed by atoms with Gasteiger partial charge >= 0.3 is 0 Å². The standard InChI is InChI=1S/C19H27N3O2S/c23-15(13-21-9-11-24-12-10-21)14-22-8-4-3-6-17(22)19-20-16-5-1-2-7-18(16)25-19/h1-2,5,7,15,17,23H,3-4,6,8-14H2. The lowest BCUT2D eigenvalue weighted by Gasteiger charge is -2.37. The van der Waals surface area contributed by atoms with Crippen LogP contribution in [0.5, 0.6) is 0 Å². The first-order valence-electron chi connectivity index (χ1n) is 9.37. The predicted molar refractivity (Wildman–Crippen MR) is 101 cm³/mol. The van der Waals surface area contributed by atoms with E-state index in [1.165, 1.54) is 22.5 Å². The second-order valence-electron chi connectivity index (χ2n) is 7.09. The van der Waals surface area contributed by atoms with Gasteiger partial charge in [0.2, 0.25) is 0 Å². The van der Waals surface area contributed by atoms with Crippen LogP contribution in [0.3, 0.4) is 0 Å². The fourth-order valence-corrected chi connectivity index (χ4v) is 5.07. The molecule has 2 atom stereocenters. The molecule has 1 aromatic heterocycles. The summed E-state index contributed by atoms with van der Waals surface area (Å²) in [5, 5.41) is 11.8. The molecule has 1 N–H and O–H groups in total. The van der Waals surface area contributed by atoms with Gasteiger partial charge in [-0.3, -0.25) is 9.80 Å². The van der Waals surface area contributed by atoms with Crippen LogP contribution in [0.2, 0.25) is 0 Å². The molecule has 4 rings (SSSR count). The lowest BCUT2D eigenvalue weighted by molar-refractivity contribution is -0.000530. The second kappa shape index (κ2) is 8.10. The minimum absolute atomic E-state index is 0.312. The zero-order valence-corrected chi connectivity index (χ0v) is 15.5. The van der Waals surface area contributed by atoms with Crippen LogP contribution in [0.1, 0.15) is 30.3 Å². The molecule has 0 saturated carbocycles. The Balaban J connectivity index is 1.43. The summed E-state index contributed by atoms with van der Waals surface area (Å²) >= 11 is 1.81. The van der Waals surface area contributed by atoms with Crippen LogP contribution in [0.25, 0.3) is 10.2 Å². The maximum Gasteiger partial charge on any atom is 0.111 e. The van der Waals surface area contributed by atoms with Crippen molar-refractivity contribution in [2.75, 3.05) is 45.9 Å². The minimum Gasteiger partial charge on any atom is -0.390 e. The number of benzene rings is 1. The molecule has 2 unspecified atom stereocenters. The normalized spacial score (nSPS) is 24.6. The van der Waals surface area contributed by atoms with E-state index in [2.05, 4.69) is 34.1 Å². The number of morpholine rings is 1. The van der Waals surface area contributed by atoms with E-state index in [9.17, 15) is 5.11 Å². The van der Waals surface area contributed by atoms with Crippen molar-refractivity contribution < 1.29 is 9.84 Å². The van der Waals surface area contributed by atoms with Crippen LogP contribution < -0.4 is 0 Å². The SMILES string of the molecule is OC(CN1CCOCC1)CN1CCCCC1c1nc2ccccc2s1. The minimum atomic E-state index is -0.312. The van der Waals surface area contributed by atoms with Crippen molar-refractivity contribution in [1.29, 1.82) is 0 Å². The Hall–Kier alpha value is -1.05. The fourth-order valence-electron chi connectivity index (χ4n) is 3.93. The Morgan fingerprint density at radius 3 is 2.84 bits per heavy atom. The second-order valence-corrected chi connectivity index (χ2v) is 8.16. The van der Waals surface area contributed by atoms with Crippen molar-refractivity contribution in [2.24, 2.45) is 0 Å². The number of piperidine rings is 1. The number of hydrogen-bond donors (Lipinski definition) is 1. The number of aliphatic hydroxyl groups is 1. The highest BCUT2D eigenvalue weighted by Gasteiger charge is 2.28. The molecule has 2 aliphatic heterocycles. The molecule has 2 aliphatic rings. The number of thiazole rings is 1. The van der Waals surface area contributed by atoms with Gasteiger partial charge < -0.3 is 9.84 Å². The molecule has 0 spiro atoms. The Morgan fingerprint density at radius 2 is 2.00 bits per heavy atom. The number of likely N-dealkylation sites (tertiary alicyclic amines) is 1. The van der Waals surface area contributed by atoms with Gasteiger partial charge in [0.1, 0.15) is 5.01 Å². The van der Waals surface area contributed by atoms with E-state index in [-0.39, 0.29) is 6.10 Å². The number of β-amino-alcohol motifs (C(OH)–C–C–N with tert-alkyl or cyclic N) is 1. The number of fused-ring (bicyclic) bond motifs is 1. The first-order valence-corrected chi connectivity index (χ1v) is 10.2. The number of nitrogens with zero attached hydrogens (tertiary/aromatic N) is 3. The van der Waals surface area contributed by atoms with Crippen molar-refractivity contribution in [3.63, 3.8) is 0 Å². The molecule has 5 nitrogen and oxygen atoms in total. The number of aliphatic hydroxyl groups excluding tert-OH is 1. The van der Waals surface area contributed by atoms with Crippen LogP contribution in [-0.2, 0) is 4.74 Å². The van der Waals surface area contributed by atoms with Crippen LogP contribution in [-0.4, -0.2) is 71.9 Å². The highest BCUT2D eigenvalue weighted by molar-refractivity contribution is 7.18. The molecule has 3 heterocycles. The molecule has 0 amide bonds. The summed E-state index contributed by atoms with van der Waals surface area (Å²) < 4.78 is 6.66. The maximum absolute atomic E-state index is 10.6. The molecule has 2 saturated heterocycles. The summed E-state index contributed by atoms with van der Waals surface area (Å²) in [5.41, 5.74) is 1.10. The van der Waals surface area contributed by atoms with Crippen molar-refractivity contribution in [1.82, 2.24) is 14.8 Å². The molecular weight excluding hydrogens is 334 g/mol. The molecule has 2 aromatic rings. The Morgan fingerprint density at radius 1 is 1.16 bits per heavy atom. The molecule has 0 bridgehead atoms. The summed E-state index contributed by atoms with van der Waals surface area (Å²) in [6, 6.07) is 8.73. The van der Waals surface area contributed by atoms with Gasteiger partial charge in [0.25, 0.3) is 0 Å². The number of aromatic nitrogens is 1. The first kappa shape index (κ1) is 17.4. The fraction of sp³-hybridized carbons (Fsp3) is 0.632.